The molecular weight excluding hydrogens is 262 g/mol. The summed E-state index contributed by atoms with van der Waals surface area (Å²) in [6, 6.07) is -0.295. The Labute approximate surface area is 117 Å². The Morgan fingerprint density at radius 1 is 1.40 bits per heavy atom. The van der Waals surface area contributed by atoms with Crippen molar-refractivity contribution in [2.75, 3.05) is 13.2 Å². The molecule has 2 rings (SSSR count). The SMILES string of the molecule is CC(C)[C@@H]1C2=CCC(C(=O)O)C=C2OCCN1C(=O)O. The van der Waals surface area contributed by atoms with Gasteiger partial charge in [0, 0.05) is 5.57 Å². The van der Waals surface area contributed by atoms with Crippen LogP contribution in [0.1, 0.15) is 20.3 Å². The number of ether oxygens (including phenoxy) is 1. The van der Waals surface area contributed by atoms with Crippen LogP contribution < -0.4 is 0 Å². The fourth-order valence-electron chi connectivity index (χ4n) is 2.77. The van der Waals surface area contributed by atoms with Gasteiger partial charge in [0.2, 0.25) is 0 Å². The van der Waals surface area contributed by atoms with E-state index in [1.165, 1.54) is 4.90 Å². The summed E-state index contributed by atoms with van der Waals surface area (Å²) in [6.45, 7) is 4.43. The highest BCUT2D eigenvalue weighted by Gasteiger charge is 2.36. The third-order valence-electron chi connectivity index (χ3n) is 3.67. The van der Waals surface area contributed by atoms with E-state index in [-0.39, 0.29) is 25.1 Å². The maximum atomic E-state index is 11.4. The molecule has 1 heterocycles. The minimum absolute atomic E-state index is 0.0869. The molecule has 0 aromatic carbocycles. The van der Waals surface area contributed by atoms with Crippen LogP contribution in [0.3, 0.4) is 0 Å². The van der Waals surface area contributed by atoms with E-state index < -0.39 is 18.0 Å². The van der Waals surface area contributed by atoms with Crippen LogP contribution in [-0.4, -0.2) is 46.4 Å². The highest BCUT2D eigenvalue weighted by Crippen LogP contribution is 2.33. The number of amides is 1. The van der Waals surface area contributed by atoms with Crippen LogP contribution in [0, 0.1) is 11.8 Å². The average Bonchev–Trinajstić information content (AvgIpc) is 2.56. The van der Waals surface area contributed by atoms with E-state index in [9.17, 15) is 14.7 Å². The second-order valence-corrected chi connectivity index (χ2v) is 5.38. The highest BCUT2D eigenvalue weighted by molar-refractivity contribution is 5.73. The van der Waals surface area contributed by atoms with Gasteiger partial charge in [0.05, 0.1) is 18.5 Å². The monoisotopic (exact) mass is 281 g/mol. The molecule has 0 aromatic rings. The molecule has 0 spiro atoms. The summed E-state index contributed by atoms with van der Waals surface area (Å²) in [5.41, 5.74) is 0.789. The lowest BCUT2D eigenvalue weighted by molar-refractivity contribution is -0.140. The van der Waals surface area contributed by atoms with E-state index in [1.807, 2.05) is 13.8 Å². The zero-order chi connectivity index (χ0) is 14.9. The van der Waals surface area contributed by atoms with Crippen LogP contribution in [-0.2, 0) is 9.53 Å². The van der Waals surface area contributed by atoms with E-state index in [4.69, 9.17) is 9.84 Å². The van der Waals surface area contributed by atoms with Crippen molar-refractivity contribution in [2.45, 2.75) is 26.3 Å². The molecule has 2 N–H and O–H groups in total. The molecule has 1 unspecified atom stereocenters. The third kappa shape index (κ3) is 2.64. The molecule has 1 aliphatic heterocycles. The van der Waals surface area contributed by atoms with Crippen molar-refractivity contribution in [3.8, 4) is 0 Å². The normalized spacial score (nSPS) is 26.1. The fourth-order valence-corrected chi connectivity index (χ4v) is 2.77. The molecule has 1 fully saturated rings. The summed E-state index contributed by atoms with van der Waals surface area (Å²) in [5, 5.41) is 18.4. The van der Waals surface area contributed by atoms with Gasteiger partial charge < -0.3 is 14.9 Å². The molecule has 2 aliphatic rings. The Hall–Kier alpha value is -1.98. The highest BCUT2D eigenvalue weighted by atomic mass is 16.5. The first kappa shape index (κ1) is 14.4. The van der Waals surface area contributed by atoms with Gasteiger partial charge in [0.15, 0.2) is 0 Å². The summed E-state index contributed by atoms with van der Waals surface area (Å²) >= 11 is 0. The van der Waals surface area contributed by atoms with Gasteiger partial charge in [-0.3, -0.25) is 9.69 Å². The molecule has 110 valence electrons. The van der Waals surface area contributed by atoms with Gasteiger partial charge >= 0.3 is 12.1 Å². The number of nitrogens with zero attached hydrogens (tertiary/aromatic N) is 1. The topological polar surface area (TPSA) is 87.1 Å². The van der Waals surface area contributed by atoms with E-state index >= 15 is 0 Å². The Morgan fingerprint density at radius 2 is 2.10 bits per heavy atom. The largest absolute Gasteiger partial charge is 0.492 e. The van der Waals surface area contributed by atoms with Gasteiger partial charge in [-0.1, -0.05) is 19.9 Å². The molecular formula is C14H19NO5. The van der Waals surface area contributed by atoms with Crippen molar-refractivity contribution < 1.29 is 24.5 Å². The van der Waals surface area contributed by atoms with Gasteiger partial charge in [-0.2, -0.15) is 0 Å². The molecule has 2 atom stereocenters. The molecule has 6 nitrogen and oxygen atoms in total. The number of hydrogen-bond donors (Lipinski definition) is 2. The second kappa shape index (κ2) is 5.56. The summed E-state index contributed by atoms with van der Waals surface area (Å²) in [5.74, 6) is -0.885. The van der Waals surface area contributed by atoms with E-state index in [0.717, 1.165) is 5.57 Å². The van der Waals surface area contributed by atoms with Crippen molar-refractivity contribution in [3.63, 3.8) is 0 Å². The summed E-state index contributed by atoms with van der Waals surface area (Å²) < 4.78 is 5.57. The first-order valence-electron chi connectivity index (χ1n) is 6.69. The molecule has 1 amide bonds. The number of carboxylic acids is 1. The van der Waals surface area contributed by atoms with Crippen LogP contribution in [0.5, 0.6) is 0 Å². The maximum absolute atomic E-state index is 11.4. The quantitative estimate of drug-likeness (QED) is 0.807. The van der Waals surface area contributed by atoms with E-state index in [1.54, 1.807) is 12.2 Å². The predicted molar refractivity (Wildman–Crippen MR) is 71.2 cm³/mol. The van der Waals surface area contributed by atoms with Gasteiger partial charge in [0.25, 0.3) is 0 Å². The van der Waals surface area contributed by atoms with Gasteiger partial charge in [-0.15, -0.1) is 0 Å². The second-order valence-electron chi connectivity index (χ2n) is 5.38. The summed E-state index contributed by atoms with van der Waals surface area (Å²) in [6.07, 6.45) is 2.79. The Kier molecular flexibility index (Phi) is 4.01. The summed E-state index contributed by atoms with van der Waals surface area (Å²) in [4.78, 5) is 23.8. The third-order valence-corrected chi connectivity index (χ3v) is 3.67. The smallest absolute Gasteiger partial charge is 0.407 e. The minimum atomic E-state index is -0.977. The maximum Gasteiger partial charge on any atom is 0.407 e. The lowest BCUT2D eigenvalue weighted by Crippen LogP contribution is -2.44. The predicted octanol–water partition coefficient (Wildman–Crippen LogP) is 1.94. The molecule has 0 bridgehead atoms. The fraction of sp³-hybridized carbons (Fsp3) is 0.571. The molecule has 20 heavy (non-hydrogen) atoms. The first-order valence-corrected chi connectivity index (χ1v) is 6.69. The molecule has 0 saturated carbocycles. The lowest BCUT2D eigenvalue weighted by Gasteiger charge is -2.32. The van der Waals surface area contributed by atoms with Crippen molar-refractivity contribution in [2.24, 2.45) is 11.8 Å². The number of rotatable bonds is 2. The molecule has 6 heteroatoms. The van der Waals surface area contributed by atoms with Crippen LogP contribution in [0.2, 0.25) is 0 Å². The zero-order valence-corrected chi connectivity index (χ0v) is 11.6. The zero-order valence-electron chi connectivity index (χ0n) is 11.6. The van der Waals surface area contributed by atoms with Crippen molar-refractivity contribution in [1.82, 2.24) is 4.90 Å². The van der Waals surface area contributed by atoms with Gasteiger partial charge in [-0.25, -0.2) is 4.79 Å². The van der Waals surface area contributed by atoms with Crippen LogP contribution in [0.4, 0.5) is 4.79 Å². The molecule has 0 radical (unpaired) electrons. The van der Waals surface area contributed by atoms with E-state index in [2.05, 4.69) is 0 Å². The van der Waals surface area contributed by atoms with Crippen molar-refractivity contribution in [1.29, 1.82) is 0 Å². The molecule has 0 aromatic heterocycles. The Balaban J connectivity index is 2.37. The van der Waals surface area contributed by atoms with Crippen LogP contribution in [0.25, 0.3) is 0 Å². The number of aliphatic carboxylic acids is 1. The average molecular weight is 281 g/mol. The number of hydrogen-bond acceptors (Lipinski definition) is 3. The summed E-state index contributed by atoms with van der Waals surface area (Å²) in [7, 11) is 0. The first-order chi connectivity index (χ1) is 9.41. The van der Waals surface area contributed by atoms with E-state index in [0.29, 0.717) is 12.2 Å². The van der Waals surface area contributed by atoms with Crippen LogP contribution in [0.15, 0.2) is 23.5 Å². The minimum Gasteiger partial charge on any atom is -0.492 e. The van der Waals surface area contributed by atoms with Crippen molar-refractivity contribution in [3.05, 3.63) is 23.5 Å². The Morgan fingerprint density at radius 3 is 2.65 bits per heavy atom. The Bertz CT molecular complexity index is 480. The number of carbonyl (C=O) groups is 2. The lowest BCUT2D eigenvalue weighted by atomic mass is 9.86. The number of allylic oxidation sites excluding steroid dienone is 1. The number of carboxylic acid groups (broad SMARTS) is 2. The molecule has 1 aliphatic carbocycles. The standard InChI is InChI=1S/C14H19NO5/c1-8(2)12-10-4-3-9(13(16)17)7-11(10)20-6-5-15(12)14(18)19/h4,7-9,12H,3,5-6H2,1-2H3,(H,16,17)(H,18,19)/t9?,12-/m1/s1. The molecule has 1 saturated heterocycles. The number of fused-ring (bicyclic) bond motifs is 1. The van der Waals surface area contributed by atoms with Gasteiger partial charge in [-0.05, 0) is 18.4 Å². The van der Waals surface area contributed by atoms with Gasteiger partial charge in [0.1, 0.15) is 12.4 Å². The van der Waals surface area contributed by atoms with Crippen LogP contribution >= 0.6 is 0 Å². The van der Waals surface area contributed by atoms with Crippen molar-refractivity contribution >= 4 is 12.1 Å².